The molecule has 0 fully saturated rings. The van der Waals surface area contributed by atoms with Crippen molar-refractivity contribution in [1.82, 2.24) is 9.55 Å². The third-order valence-electron chi connectivity index (χ3n) is 3.43. The van der Waals surface area contributed by atoms with Crippen LogP contribution in [0, 0.1) is 0 Å². The van der Waals surface area contributed by atoms with Gasteiger partial charge < -0.3 is 10.3 Å². The van der Waals surface area contributed by atoms with E-state index in [0.29, 0.717) is 6.54 Å². The Morgan fingerprint density at radius 3 is 2.68 bits per heavy atom. The molecule has 2 heterocycles. The molecule has 0 aliphatic rings. The summed E-state index contributed by atoms with van der Waals surface area (Å²) >= 11 is 0. The van der Waals surface area contributed by atoms with Crippen LogP contribution < -0.4 is 5.73 Å². The molecule has 0 aliphatic carbocycles. The van der Waals surface area contributed by atoms with E-state index in [2.05, 4.69) is 46.1 Å². The van der Waals surface area contributed by atoms with E-state index in [4.69, 9.17) is 5.73 Å². The van der Waals surface area contributed by atoms with Gasteiger partial charge in [-0.25, -0.2) is 0 Å². The van der Waals surface area contributed by atoms with E-state index in [1.165, 1.54) is 16.5 Å². The molecule has 2 aromatic heterocycles. The summed E-state index contributed by atoms with van der Waals surface area (Å²) < 4.78 is 2.27. The number of aromatic nitrogens is 2. The van der Waals surface area contributed by atoms with Gasteiger partial charge in [0.1, 0.15) is 0 Å². The van der Waals surface area contributed by atoms with Crippen molar-refractivity contribution in [1.29, 1.82) is 0 Å². The molecule has 3 rings (SSSR count). The first-order valence-electron chi connectivity index (χ1n) is 6.55. The SMILES string of the molecule is NCc1cn(CCc2ccccn2)c2ccccc12. The Hall–Kier alpha value is -2.13. The number of hydrogen-bond donors (Lipinski definition) is 1. The lowest BCUT2D eigenvalue weighted by molar-refractivity contribution is 0.707. The highest BCUT2D eigenvalue weighted by atomic mass is 15.0. The summed E-state index contributed by atoms with van der Waals surface area (Å²) in [5, 5.41) is 1.26. The average molecular weight is 251 g/mol. The van der Waals surface area contributed by atoms with Gasteiger partial charge in [0.15, 0.2) is 0 Å². The van der Waals surface area contributed by atoms with Crippen molar-refractivity contribution in [2.45, 2.75) is 19.5 Å². The molecular weight excluding hydrogens is 234 g/mol. The van der Waals surface area contributed by atoms with E-state index in [1.54, 1.807) is 0 Å². The van der Waals surface area contributed by atoms with Crippen molar-refractivity contribution in [3.8, 4) is 0 Å². The maximum Gasteiger partial charge on any atom is 0.0483 e. The number of pyridine rings is 1. The molecule has 1 aromatic carbocycles. The molecule has 2 N–H and O–H groups in total. The molecule has 19 heavy (non-hydrogen) atoms. The predicted octanol–water partition coefficient (Wildman–Crippen LogP) is 2.74. The Morgan fingerprint density at radius 1 is 1.05 bits per heavy atom. The standard InChI is InChI=1S/C16H17N3/c17-11-13-12-19(16-7-2-1-6-15(13)16)10-8-14-5-3-4-9-18-14/h1-7,9,12H,8,10-11,17H2. The smallest absolute Gasteiger partial charge is 0.0483 e. The normalized spacial score (nSPS) is 11.0. The molecular formula is C16H17N3. The predicted molar refractivity (Wildman–Crippen MR) is 77.8 cm³/mol. The van der Waals surface area contributed by atoms with Gasteiger partial charge in [-0.2, -0.15) is 0 Å². The van der Waals surface area contributed by atoms with Gasteiger partial charge in [-0.3, -0.25) is 4.98 Å². The second kappa shape index (κ2) is 5.24. The van der Waals surface area contributed by atoms with E-state index >= 15 is 0 Å². The summed E-state index contributed by atoms with van der Waals surface area (Å²) in [6.07, 6.45) is 4.94. The van der Waals surface area contributed by atoms with Crippen LogP contribution in [0.25, 0.3) is 10.9 Å². The van der Waals surface area contributed by atoms with E-state index in [0.717, 1.165) is 18.7 Å². The van der Waals surface area contributed by atoms with Gasteiger partial charge >= 0.3 is 0 Å². The van der Waals surface area contributed by atoms with E-state index in [-0.39, 0.29) is 0 Å². The molecule has 0 saturated heterocycles. The lowest BCUT2D eigenvalue weighted by atomic mass is 10.2. The molecule has 0 saturated carbocycles. The molecule has 3 heteroatoms. The maximum atomic E-state index is 5.81. The van der Waals surface area contributed by atoms with Gasteiger partial charge in [0.05, 0.1) is 0 Å². The minimum Gasteiger partial charge on any atom is -0.347 e. The van der Waals surface area contributed by atoms with Gasteiger partial charge in [0.25, 0.3) is 0 Å². The van der Waals surface area contributed by atoms with Crippen molar-refractivity contribution in [3.63, 3.8) is 0 Å². The van der Waals surface area contributed by atoms with Crippen LogP contribution in [0.3, 0.4) is 0 Å². The van der Waals surface area contributed by atoms with Gasteiger partial charge in [-0.05, 0) is 23.8 Å². The third-order valence-corrected chi connectivity index (χ3v) is 3.43. The molecule has 0 aliphatic heterocycles. The summed E-state index contributed by atoms with van der Waals surface area (Å²) in [6.45, 7) is 1.51. The summed E-state index contributed by atoms with van der Waals surface area (Å²) in [4.78, 5) is 4.36. The molecule has 0 spiro atoms. The Balaban J connectivity index is 1.89. The van der Waals surface area contributed by atoms with Crippen LogP contribution in [0.15, 0.2) is 54.9 Å². The molecule has 0 amide bonds. The van der Waals surface area contributed by atoms with Crippen LogP contribution in [0.1, 0.15) is 11.3 Å². The lowest BCUT2D eigenvalue weighted by Crippen LogP contribution is -2.01. The molecule has 0 bridgehead atoms. The van der Waals surface area contributed by atoms with Crippen molar-refractivity contribution in [2.24, 2.45) is 5.73 Å². The number of para-hydroxylation sites is 1. The fourth-order valence-corrected chi connectivity index (χ4v) is 2.45. The van der Waals surface area contributed by atoms with E-state index < -0.39 is 0 Å². The average Bonchev–Trinajstić information content (AvgIpc) is 2.84. The Kier molecular flexibility index (Phi) is 3.29. The van der Waals surface area contributed by atoms with Gasteiger partial charge in [-0.1, -0.05) is 24.3 Å². The highest BCUT2D eigenvalue weighted by Crippen LogP contribution is 2.21. The van der Waals surface area contributed by atoms with Crippen molar-refractivity contribution < 1.29 is 0 Å². The highest BCUT2D eigenvalue weighted by molar-refractivity contribution is 5.83. The summed E-state index contributed by atoms with van der Waals surface area (Å²) in [7, 11) is 0. The first-order chi connectivity index (χ1) is 9.38. The number of rotatable bonds is 4. The van der Waals surface area contributed by atoms with Gasteiger partial charge in [-0.15, -0.1) is 0 Å². The second-order valence-corrected chi connectivity index (χ2v) is 4.64. The number of nitrogens with zero attached hydrogens (tertiary/aromatic N) is 2. The fraction of sp³-hybridized carbons (Fsp3) is 0.188. The molecule has 0 radical (unpaired) electrons. The first-order valence-corrected chi connectivity index (χ1v) is 6.55. The van der Waals surface area contributed by atoms with Crippen LogP contribution in [0.5, 0.6) is 0 Å². The number of fused-ring (bicyclic) bond motifs is 1. The Bertz CT molecular complexity index is 671. The van der Waals surface area contributed by atoms with Crippen molar-refractivity contribution >= 4 is 10.9 Å². The first kappa shape index (κ1) is 11.9. The quantitative estimate of drug-likeness (QED) is 0.775. The van der Waals surface area contributed by atoms with Crippen LogP contribution >= 0.6 is 0 Å². The summed E-state index contributed by atoms with van der Waals surface area (Å²) in [5.74, 6) is 0. The molecule has 3 nitrogen and oxygen atoms in total. The Labute approximate surface area is 112 Å². The number of nitrogens with two attached hydrogens (primary N) is 1. The number of hydrogen-bond acceptors (Lipinski definition) is 2. The summed E-state index contributed by atoms with van der Waals surface area (Å²) in [5.41, 5.74) is 9.38. The number of aryl methyl sites for hydroxylation is 2. The van der Waals surface area contributed by atoms with Crippen LogP contribution in [-0.4, -0.2) is 9.55 Å². The van der Waals surface area contributed by atoms with Crippen LogP contribution in [-0.2, 0) is 19.5 Å². The zero-order valence-electron chi connectivity index (χ0n) is 10.8. The summed E-state index contributed by atoms with van der Waals surface area (Å²) in [6, 6.07) is 14.4. The van der Waals surface area contributed by atoms with Gasteiger partial charge in [0, 0.05) is 48.5 Å². The molecule has 3 aromatic rings. The monoisotopic (exact) mass is 251 g/mol. The van der Waals surface area contributed by atoms with Crippen molar-refractivity contribution in [3.05, 3.63) is 66.1 Å². The fourth-order valence-electron chi connectivity index (χ4n) is 2.45. The van der Waals surface area contributed by atoms with Crippen molar-refractivity contribution in [2.75, 3.05) is 0 Å². The molecule has 96 valence electrons. The Morgan fingerprint density at radius 2 is 1.89 bits per heavy atom. The number of benzene rings is 1. The lowest BCUT2D eigenvalue weighted by Gasteiger charge is -2.04. The zero-order valence-corrected chi connectivity index (χ0v) is 10.8. The van der Waals surface area contributed by atoms with E-state index in [1.807, 2.05) is 18.3 Å². The van der Waals surface area contributed by atoms with E-state index in [9.17, 15) is 0 Å². The minimum absolute atomic E-state index is 0.580. The van der Waals surface area contributed by atoms with Gasteiger partial charge in [0.2, 0.25) is 0 Å². The molecule has 0 atom stereocenters. The highest BCUT2D eigenvalue weighted by Gasteiger charge is 2.06. The second-order valence-electron chi connectivity index (χ2n) is 4.64. The van der Waals surface area contributed by atoms with Crippen LogP contribution in [0.2, 0.25) is 0 Å². The topological polar surface area (TPSA) is 43.8 Å². The molecule has 0 unspecified atom stereocenters. The maximum absolute atomic E-state index is 5.81. The zero-order chi connectivity index (χ0) is 13.1. The largest absolute Gasteiger partial charge is 0.347 e. The van der Waals surface area contributed by atoms with Crippen LogP contribution in [0.4, 0.5) is 0 Å². The third kappa shape index (κ3) is 2.37. The minimum atomic E-state index is 0.580.